The van der Waals surface area contributed by atoms with Gasteiger partial charge in [-0.25, -0.2) is 4.98 Å². The standard InChI is InChI=1S/C16H18BBrO.C9H7BrN2/c1-19-15-7-4-5-13(11-15)9-10-17-16-8-3-2-6-14(16)12-18;10-8-1-3-9(4-2-8)12-6-5-11-7-12/h2-8,11,17H,9-10,12H2,1H3;1-7H. The van der Waals surface area contributed by atoms with E-state index in [2.05, 4.69) is 79.3 Å². The molecule has 0 unspecified atom stereocenters. The van der Waals surface area contributed by atoms with Crippen LogP contribution in [0, 0.1) is 0 Å². The number of imidazole rings is 1. The Bertz CT molecular complexity index is 1050. The summed E-state index contributed by atoms with van der Waals surface area (Å²) in [6, 6.07) is 25.1. The van der Waals surface area contributed by atoms with E-state index in [1.54, 1.807) is 19.6 Å². The van der Waals surface area contributed by atoms with E-state index in [0.29, 0.717) is 0 Å². The van der Waals surface area contributed by atoms with Crippen molar-refractivity contribution in [1.82, 2.24) is 9.55 Å². The predicted octanol–water partition coefficient (Wildman–Crippen LogP) is 5.95. The zero-order chi connectivity index (χ0) is 21.9. The number of aryl methyl sites for hydroxylation is 1. The van der Waals surface area contributed by atoms with Gasteiger partial charge in [0.2, 0.25) is 0 Å². The van der Waals surface area contributed by atoms with Crippen LogP contribution in [-0.4, -0.2) is 23.9 Å². The third-order valence-corrected chi connectivity index (χ3v) is 6.07. The van der Waals surface area contributed by atoms with E-state index >= 15 is 0 Å². The van der Waals surface area contributed by atoms with Crippen molar-refractivity contribution in [1.29, 1.82) is 0 Å². The number of ether oxygens (including phenoxy) is 1. The second kappa shape index (κ2) is 12.5. The van der Waals surface area contributed by atoms with Crippen molar-refractivity contribution in [3.8, 4) is 11.4 Å². The zero-order valence-corrected chi connectivity index (χ0v) is 20.7. The van der Waals surface area contributed by atoms with Crippen LogP contribution in [-0.2, 0) is 11.8 Å². The van der Waals surface area contributed by atoms with Gasteiger partial charge in [-0.3, -0.25) is 0 Å². The molecule has 4 aromatic rings. The Labute approximate surface area is 202 Å². The van der Waals surface area contributed by atoms with E-state index in [1.165, 1.54) is 16.6 Å². The van der Waals surface area contributed by atoms with Gasteiger partial charge in [-0.05, 0) is 53.9 Å². The number of methoxy groups -OCH3 is 1. The fourth-order valence-corrected chi connectivity index (χ4v) is 4.08. The van der Waals surface area contributed by atoms with Gasteiger partial charge in [-0.1, -0.05) is 80.0 Å². The van der Waals surface area contributed by atoms with Crippen LogP contribution in [0.15, 0.2) is 96.0 Å². The van der Waals surface area contributed by atoms with E-state index in [9.17, 15) is 0 Å². The van der Waals surface area contributed by atoms with Crippen molar-refractivity contribution in [2.24, 2.45) is 0 Å². The SMILES string of the molecule is Brc1ccc(-n2ccnc2)cc1.COc1cccc(CCBc2ccccc2CBr)c1. The summed E-state index contributed by atoms with van der Waals surface area (Å²) < 4.78 is 8.30. The number of nitrogens with zero attached hydrogens (tertiary/aromatic N) is 2. The predicted molar refractivity (Wildman–Crippen MR) is 139 cm³/mol. The van der Waals surface area contributed by atoms with Crippen LogP contribution in [0.5, 0.6) is 5.75 Å². The number of aromatic nitrogens is 2. The van der Waals surface area contributed by atoms with Crippen molar-refractivity contribution < 1.29 is 4.74 Å². The largest absolute Gasteiger partial charge is 0.497 e. The molecule has 0 bridgehead atoms. The summed E-state index contributed by atoms with van der Waals surface area (Å²) in [5.74, 6) is 0.943. The van der Waals surface area contributed by atoms with Gasteiger partial charge in [-0.15, -0.1) is 0 Å². The smallest absolute Gasteiger partial charge is 0.158 e. The number of hydrogen-bond acceptors (Lipinski definition) is 2. The molecule has 158 valence electrons. The third-order valence-electron chi connectivity index (χ3n) is 4.94. The van der Waals surface area contributed by atoms with Gasteiger partial charge in [0, 0.05) is 27.9 Å². The lowest BCUT2D eigenvalue weighted by Crippen LogP contribution is -2.18. The maximum atomic E-state index is 5.25. The Hall–Kier alpha value is -2.31. The molecule has 31 heavy (non-hydrogen) atoms. The molecular formula is C25H25BBr2N2O. The van der Waals surface area contributed by atoms with Crippen LogP contribution >= 0.6 is 31.9 Å². The molecule has 1 aromatic heterocycles. The van der Waals surface area contributed by atoms with Crippen molar-refractivity contribution in [3.63, 3.8) is 0 Å². The Kier molecular flexibility index (Phi) is 9.44. The molecule has 0 saturated heterocycles. The highest BCUT2D eigenvalue weighted by atomic mass is 79.9. The van der Waals surface area contributed by atoms with Crippen molar-refractivity contribution in [3.05, 3.63) is 107 Å². The summed E-state index contributed by atoms with van der Waals surface area (Å²) in [6.45, 7) is 0. The van der Waals surface area contributed by atoms with Crippen molar-refractivity contribution in [2.45, 2.75) is 18.1 Å². The minimum atomic E-state index is 0.933. The molecule has 3 nitrogen and oxygen atoms in total. The fourth-order valence-electron chi connectivity index (χ4n) is 3.27. The molecule has 0 spiro atoms. The first kappa shape index (κ1) is 23.4. The van der Waals surface area contributed by atoms with Gasteiger partial charge >= 0.3 is 0 Å². The number of benzene rings is 3. The molecule has 3 aromatic carbocycles. The van der Waals surface area contributed by atoms with Gasteiger partial charge in [-0.2, -0.15) is 0 Å². The molecule has 0 amide bonds. The summed E-state index contributed by atoms with van der Waals surface area (Å²) in [5.41, 5.74) is 5.31. The highest BCUT2D eigenvalue weighted by Gasteiger charge is 2.03. The average Bonchev–Trinajstić information content (AvgIpc) is 3.35. The number of hydrogen-bond donors (Lipinski definition) is 0. The van der Waals surface area contributed by atoms with Crippen molar-refractivity contribution in [2.75, 3.05) is 7.11 Å². The molecule has 0 aliphatic carbocycles. The number of rotatable bonds is 7. The molecule has 0 saturated carbocycles. The monoisotopic (exact) mass is 538 g/mol. The van der Waals surface area contributed by atoms with Crippen LogP contribution in [0.2, 0.25) is 6.32 Å². The Balaban J connectivity index is 0.000000194. The summed E-state index contributed by atoms with van der Waals surface area (Å²) in [4.78, 5) is 3.97. The van der Waals surface area contributed by atoms with E-state index < -0.39 is 0 Å². The van der Waals surface area contributed by atoms with Gasteiger partial charge in [0.25, 0.3) is 0 Å². The lowest BCUT2D eigenvalue weighted by molar-refractivity contribution is 0.414. The average molecular weight is 540 g/mol. The second-order valence-corrected chi connectivity index (χ2v) is 8.53. The van der Waals surface area contributed by atoms with Crippen LogP contribution in [0.4, 0.5) is 0 Å². The summed E-state index contributed by atoms with van der Waals surface area (Å²) in [6.07, 6.45) is 7.72. The molecule has 0 aliphatic heterocycles. The summed E-state index contributed by atoms with van der Waals surface area (Å²) >= 11 is 6.93. The third kappa shape index (κ3) is 7.40. The van der Waals surface area contributed by atoms with E-state index in [1.807, 2.05) is 41.1 Å². The molecule has 0 N–H and O–H groups in total. The Morgan fingerprint density at radius 1 is 1.00 bits per heavy atom. The summed E-state index contributed by atoms with van der Waals surface area (Å²) in [7, 11) is 2.84. The quantitative estimate of drug-likeness (QED) is 0.214. The van der Waals surface area contributed by atoms with E-state index in [0.717, 1.165) is 41.3 Å². The zero-order valence-electron chi connectivity index (χ0n) is 17.5. The molecular weight excluding hydrogens is 515 g/mol. The van der Waals surface area contributed by atoms with Gasteiger partial charge in [0.05, 0.1) is 13.4 Å². The first-order valence-corrected chi connectivity index (χ1v) is 12.1. The molecule has 0 atom stereocenters. The maximum absolute atomic E-state index is 5.25. The summed E-state index contributed by atoms with van der Waals surface area (Å²) in [5, 5.41) is 0.933. The normalized spacial score (nSPS) is 10.2. The number of alkyl halides is 1. The molecule has 0 fully saturated rings. The molecule has 0 aliphatic rings. The first-order chi connectivity index (χ1) is 15.2. The van der Waals surface area contributed by atoms with Gasteiger partial charge in [0.15, 0.2) is 7.28 Å². The highest BCUT2D eigenvalue weighted by molar-refractivity contribution is 9.10. The van der Waals surface area contributed by atoms with E-state index in [4.69, 9.17) is 4.74 Å². The highest BCUT2D eigenvalue weighted by Crippen LogP contribution is 2.14. The maximum Gasteiger partial charge on any atom is 0.158 e. The van der Waals surface area contributed by atoms with Crippen LogP contribution in [0.25, 0.3) is 5.69 Å². The fraction of sp³-hybridized carbons (Fsp3) is 0.160. The van der Waals surface area contributed by atoms with Gasteiger partial charge < -0.3 is 9.30 Å². The van der Waals surface area contributed by atoms with Gasteiger partial charge in [0.1, 0.15) is 5.75 Å². The minimum absolute atomic E-state index is 0.933. The Morgan fingerprint density at radius 3 is 2.52 bits per heavy atom. The molecule has 6 heteroatoms. The second-order valence-electron chi connectivity index (χ2n) is 7.05. The van der Waals surface area contributed by atoms with Crippen molar-refractivity contribution >= 4 is 44.6 Å². The van der Waals surface area contributed by atoms with Crippen LogP contribution < -0.4 is 10.2 Å². The molecule has 0 radical (unpaired) electrons. The lowest BCUT2D eigenvalue weighted by Gasteiger charge is -2.07. The Morgan fingerprint density at radius 2 is 1.81 bits per heavy atom. The molecule has 4 rings (SSSR count). The van der Waals surface area contributed by atoms with Crippen LogP contribution in [0.3, 0.4) is 0 Å². The first-order valence-electron chi connectivity index (χ1n) is 10.2. The minimum Gasteiger partial charge on any atom is -0.497 e. The molecule has 1 heterocycles. The number of halogens is 2. The van der Waals surface area contributed by atoms with Crippen LogP contribution in [0.1, 0.15) is 11.1 Å². The van der Waals surface area contributed by atoms with E-state index in [-0.39, 0.29) is 0 Å². The lowest BCUT2D eigenvalue weighted by atomic mass is 9.64. The topological polar surface area (TPSA) is 27.1 Å².